The Morgan fingerprint density at radius 3 is 1.19 bits per heavy atom. The fraction of sp³-hybridized carbons (Fsp3) is 0. The molecule has 0 amide bonds. The summed E-state index contributed by atoms with van der Waals surface area (Å²) in [4.78, 5) is 13.3. The molecule has 1 aliphatic rings. The van der Waals surface area contributed by atoms with Gasteiger partial charge >= 0.3 is 330 Å². The van der Waals surface area contributed by atoms with Crippen molar-refractivity contribution in [3.05, 3.63) is 161 Å². The molecule has 1 heterocycles. The number of rotatable bonds is 12. The average molecular weight is 842 g/mol. The second-order valence-corrected chi connectivity index (χ2v) is 18.5. The number of nitrogens with zero attached hydrogens (tertiary/aromatic N) is 3. The molecule has 0 aromatic heterocycles. The second-order valence-electron chi connectivity index (χ2n) is 11.4. The molecule has 0 saturated carbocycles. The Bertz CT molecular complexity index is 2110. The van der Waals surface area contributed by atoms with Gasteiger partial charge in [0.1, 0.15) is 0 Å². The number of nitrogens with two attached hydrogens (primary N) is 3. The van der Waals surface area contributed by atoms with Gasteiger partial charge in [-0.05, 0) is 0 Å². The first-order chi connectivity index (χ1) is 26.0. The first-order valence-corrected chi connectivity index (χ1v) is 20.9. The van der Waals surface area contributed by atoms with Crippen LogP contribution in [0.4, 0.5) is 17.1 Å². The van der Waals surface area contributed by atoms with Crippen molar-refractivity contribution in [1.29, 1.82) is 0 Å². The maximum atomic E-state index is 7.05. The van der Waals surface area contributed by atoms with Crippen LogP contribution in [0.5, 0.6) is 34.5 Å². The standard InChI is InChI=1S/C36H30Cl3N6O6P3/c37-25-1-13-34(14-2-25)49-54(50-35-15-3-26(38)4-16-35,51-36-17-5-27(39)6-18-36)43-52-44(46-31-19-7-28(40)8-20-31)53(48-33-23-11-30(42)12-24-33)45(54)47-32-21-9-29(41)10-22-32/h1-24H,40-42H2. The Hall–Kier alpha value is -4.73. The number of hydrogen-bond donors (Lipinski definition) is 3. The zero-order valence-electron chi connectivity index (χ0n) is 27.9. The van der Waals surface area contributed by atoms with Gasteiger partial charge in [-0.25, -0.2) is 0 Å². The fourth-order valence-electron chi connectivity index (χ4n) is 4.70. The normalized spacial score (nSPS) is 17.3. The fourth-order valence-corrected chi connectivity index (χ4v) is 12.8. The molecule has 6 N–H and O–H groups in total. The molecular formula is C36H30Cl3N6O6P3. The minimum absolute atomic E-state index is 0.119. The molecule has 276 valence electrons. The SMILES string of the molecule is Nc1ccc(ON2P=NP(Oc3ccc(Cl)cc3)(Oc3ccc(Cl)cc3)(Oc3ccc(Cl)cc3)N(Oc3ccc(N)cc3)P2Oc2ccc(N)cc2)cc1. The molecule has 12 nitrogen and oxygen atoms in total. The van der Waals surface area contributed by atoms with E-state index in [9.17, 15) is 0 Å². The summed E-state index contributed by atoms with van der Waals surface area (Å²) >= 11 is 19.0. The van der Waals surface area contributed by atoms with Crippen LogP contribution in [0.15, 0.2) is 150 Å². The van der Waals surface area contributed by atoms with Crippen LogP contribution >= 0.6 is 59.4 Å². The number of hydrogen-bond acceptors (Lipinski definition) is 12. The maximum absolute atomic E-state index is 7.05. The van der Waals surface area contributed by atoms with Crippen molar-refractivity contribution in [2.45, 2.75) is 0 Å². The van der Waals surface area contributed by atoms with E-state index >= 15 is 0 Å². The summed E-state index contributed by atoms with van der Waals surface area (Å²) in [6.45, 7) is 0. The van der Waals surface area contributed by atoms with Gasteiger partial charge in [-0.1, -0.05) is 0 Å². The molecular weight excluding hydrogens is 812 g/mol. The molecule has 0 radical (unpaired) electrons. The second kappa shape index (κ2) is 15.9. The van der Waals surface area contributed by atoms with Crippen molar-refractivity contribution in [2.75, 3.05) is 17.2 Å². The van der Waals surface area contributed by atoms with Crippen LogP contribution in [-0.4, -0.2) is 9.21 Å². The Labute approximate surface area is 328 Å². The molecule has 1 atom stereocenters. The average Bonchev–Trinajstić information content (AvgIpc) is 3.17. The molecule has 0 bridgehead atoms. The summed E-state index contributed by atoms with van der Waals surface area (Å²) in [5.41, 5.74) is 19.7. The Kier molecular flexibility index (Phi) is 11.1. The van der Waals surface area contributed by atoms with Gasteiger partial charge in [0.25, 0.3) is 0 Å². The Morgan fingerprint density at radius 2 is 0.796 bits per heavy atom. The molecule has 0 spiro atoms. The van der Waals surface area contributed by atoms with E-state index in [1.807, 2.05) is 0 Å². The molecule has 6 aromatic carbocycles. The number of benzene rings is 6. The van der Waals surface area contributed by atoms with Crippen LogP contribution < -0.4 is 45.0 Å². The molecule has 54 heavy (non-hydrogen) atoms. The van der Waals surface area contributed by atoms with Crippen molar-refractivity contribution in [3.63, 3.8) is 0 Å². The van der Waals surface area contributed by atoms with Gasteiger partial charge in [0.2, 0.25) is 0 Å². The van der Waals surface area contributed by atoms with E-state index in [-0.39, 0.29) is 25.8 Å². The van der Waals surface area contributed by atoms with Crippen molar-refractivity contribution in [1.82, 2.24) is 9.21 Å². The van der Waals surface area contributed by atoms with Crippen LogP contribution in [0.2, 0.25) is 15.1 Å². The van der Waals surface area contributed by atoms with Gasteiger partial charge < -0.3 is 0 Å². The molecule has 0 saturated heterocycles. The van der Waals surface area contributed by atoms with E-state index in [1.54, 1.807) is 146 Å². The van der Waals surface area contributed by atoms with Crippen LogP contribution in [-0.2, 0) is 0 Å². The monoisotopic (exact) mass is 840 g/mol. The van der Waals surface area contributed by atoms with Gasteiger partial charge in [-0.3, -0.25) is 0 Å². The third-order valence-corrected chi connectivity index (χ3v) is 15.2. The molecule has 0 aliphatic carbocycles. The van der Waals surface area contributed by atoms with Crippen LogP contribution in [0, 0.1) is 0 Å². The first-order valence-electron chi connectivity index (χ1n) is 15.9. The number of halogens is 3. The van der Waals surface area contributed by atoms with E-state index in [1.165, 1.54) is 9.21 Å². The van der Waals surface area contributed by atoms with Crippen molar-refractivity contribution in [2.24, 2.45) is 4.52 Å². The van der Waals surface area contributed by atoms with Crippen molar-refractivity contribution in [3.8, 4) is 34.5 Å². The third kappa shape index (κ3) is 8.63. The summed E-state index contributed by atoms with van der Waals surface area (Å²) in [5.74, 6) is 1.91. The van der Waals surface area contributed by atoms with Crippen LogP contribution in [0.25, 0.3) is 0 Å². The van der Waals surface area contributed by atoms with Crippen molar-refractivity contribution < 1.29 is 27.8 Å². The first kappa shape index (κ1) is 37.6. The van der Waals surface area contributed by atoms with Gasteiger partial charge in [0, 0.05) is 0 Å². The summed E-state index contributed by atoms with van der Waals surface area (Å²) in [6, 6.07) is 40.2. The summed E-state index contributed by atoms with van der Waals surface area (Å²) in [5, 5.41) is 1.40. The topological polar surface area (TPSA) is 152 Å². The van der Waals surface area contributed by atoms with Gasteiger partial charge in [-0.2, -0.15) is 0 Å². The van der Waals surface area contributed by atoms with E-state index in [0.717, 1.165) is 0 Å². The molecule has 1 aliphatic heterocycles. The Balaban J connectivity index is 1.52. The third-order valence-electron chi connectivity index (χ3n) is 7.27. The number of anilines is 3. The molecule has 7 rings (SSSR count). The Morgan fingerprint density at radius 1 is 0.463 bits per heavy atom. The predicted octanol–water partition coefficient (Wildman–Crippen LogP) is 12.0. The van der Waals surface area contributed by atoms with Gasteiger partial charge in [0.05, 0.1) is 0 Å². The zero-order valence-corrected chi connectivity index (χ0v) is 32.8. The van der Waals surface area contributed by atoms with Crippen LogP contribution in [0.3, 0.4) is 0 Å². The molecule has 18 heteroatoms. The molecule has 1 unspecified atom stereocenters. The quantitative estimate of drug-likeness (QED) is 0.0797. The van der Waals surface area contributed by atoms with Crippen LogP contribution in [0.1, 0.15) is 0 Å². The van der Waals surface area contributed by atoms with Gasteiger partial charge in [0.15, 0.2) is 0 Å². The number of nitrogen functional groups attached to an aromatic ring is 3. The molecule has 6 aromatic rings. The summed E-state index contributed by atoms with van der Waals surface area (Å²) in [7, 11) is -7.72. The summed E-state index contributed by atoms with van der Waals surface area (Å²) in [6.07, 6.45) is 0. The van der Waals surface area contributed by atoms with Gasteiger partial charge in [-0.15, -0.1) is 0 Å². The minimum atomic E-state index is -5.47. The van der Waals surface area contributed by atoms with E-state index in [2.05, 4.69) is 0 Å². The predicted molar refractivity (Wildman–Crippen MR) is 218 cm³/mol. The summed E-state index contributed by atoms with van der Waals surface area (Å²) < 4.78 is 35.9. The zero-order chi connectivity index (χ0) is 37.7. The van der Waals surface area contributed by atoms with E-state index in [4.69, 9.17) is 84.3 Å². The van der Waals surface area contributed by atoms with E-state index < -0.39 is 16.0 Å². The van der Waals surface area contributed by atoms with E-state index in [0.29, 0.717) is 49.4 Å². The molecule has 0 fully saturated rings. The van der Waals surface area contributed by atoms with Crippen molar-refractivity contribution >= 4 is 76.4 Å².